The van der Waals surface area contributed by atoms with Gasteiger partial charge in [-0.25, -0.2) is 0 Å². The van der Waals surface area contributed by atoms with E-state index < -0.39 is 0 Å². The average Bonchev–Trinajstić information content (AvgIpc) is 2.92. The summed E-state index contributed by atoms with van der Waals surface area (Å²) in [6, 6.07) is 6.37. The molecule has 0 fully saturated rings. The zero-order valence-corrected chi connectivity index (χ0v) is 14.7. The van der Waals surface area contributed by atoms with Gasteiger partial charge in [-0.1, -0.05) is 24.9 Å². The largest absolute Gasteiger partial charge is 0.330 e. The molecule has 2 aromatic rings. The second-order valence-corrected chi connectivity index (χ2v) is 6.89. The molecule has 1 atom stereocenters. The maximum atomic E-state index is 12.3. The molecule has 1 N–H and O–H groups in total. The number of aryl methyl sites for hydroxylation is 2. The van der Waals surface area contributed by atoms with Crippen LogP contribution in [0.5, 0.6) is 0 Å². The fraction of sp³-hybridized carbons (Fsp3) is 0.333. The van der Waals surface area contributed by atoms with E-state index in [1.807, 2.05) is 19.2 Å². The van der Waals surface area contributed by atoms with Crippen molar-refractivity contribution in [1.29, 1.82) is 0 Å². The fourth-order valence-electron chi connectivity index (χ4n) is 2.85. The second-order valence-electron chi connectivity index (χ2n) is 5.82. The highest BCUT2D eigenvalue weighted by Gasteiger charge is 2.14. The molecule has 1 aromatic carbocycles. The molecule has 0 bridgehead atoms. The molecule has 5 heteroatoms. The van der Waals surface area contributed by atoms with Gasteiger partial charge in [-0.05, 0) is 43.2 Å². The predicted octanol–water partition coefficient (Wildman–Crippen LogP) is 2.24. The van der Waals surface area contributed by atoms with Gasteiger partial charge < -0.3 is 9.29 Å². The summed E-state index contributed by atoms with van der Waals surface area (Å²) in [4.78, 5) is 17.0. The zero-order valence-electron chi connectivity index (χ0n) is 13.9. The summed E-state index contributed by atoms with van der Waals surface area (Å²) >= 11 is 1.67. The SMILES string of the molecule is CCSNc1ccc(C)c(-c2cn(C)c(=O)c3c2=NC(C)C=3)c1. The Morgan fingerprint density at radius 3 is 2.87 bits per heavy atom. The van der Waals surface area contributed by atoms with Crippen molar-refractivity contribution >= 4 is 23.7 Å². The molecule has 120 valence electrons. The molecule has 0 spiro atoms. The molecule has 3 rings (SSSR count). The smallest absolute Gasteiger partial charge is 0.259 e. The molecule has 1 aliphatic rings. The lowest BCUT2D eigenvalue weighted by atomic mass is 10.0. The molecule has 0 amide bonds. The number of nitrogens with one attached hydrogen (secondary N) is 1. The maximum Gasteiger partial charge on any atom is 0.259 e. The minimum Gasteiger partial charge on any atom is -0.330 e. The van der Waals surface area contributed by atoms with E-state index in [0.717, 1.165) is 33.1 Å². The number of pyridine rings is 1. The van der Waals surface area contributed by atoms with Gasteiger partial charge in [0, 0.05) is 30.2 Å². The van der Waals surface area contributed by atoms with Crippen molar-refractivity contribution in [3.8, 4) is 11.1 Å². The normalized spacial score (nSPS) is 15.7. The lowest BCUT2D eigenvalue weighted by Crippen LogP contribution is -2.43. The van der Waals surface area contributed by atoms with Crippen molar-refractivity contribution in [2.24, 2.45) is 12.0 Å². The highest BCUT2D eigenvalue weighted by Crippen LogP contribution is 2.25. The molecule has 1 aromatic heterocycles. The Balaban J connectivity index is 2.24. The van der Waals surface area contributed by atoms with E-state index in [1.54, 1.807) is 23.6 Å². The third kappa shape index (κ3) is 2.93. The Bertz CT molecular complexity index is 931. The van der Waals surface area contributed by atoms with Crippen LogP contribution in [0.3, 0.4) is 0 Å². The molecule has 1 aliphatic heterocycles. The molecular weight excluding hydrogens is 306 g/mol. The summed E-state index contributed by atoms with van der Waals surface area (Å²) in [5, 5.41) is 1.54. The van der Waals surface area contributed by atoms with Crippen LogP contribution in [0.15, 0.2) is 34.2 Å². The van der Waals surface area contributed by atoms with Gasteiger partial charge >= 0.3 is 0 Å². The predicted molar refractivity (Wildman–Crippen MR) is 98.3 cm³/mol. The lowest BCUT2D eigenvalue weighted by molar-refractivity contribution is 0.846. The maximum absolute atomic E-state index is 12.3. The lowest BCUT2D eigenvalue weighted by Gasteiger charge is -2.11. The number of hydrogen-bond donors (Lipinski definition) is 1. The van der Waals surface area contributed by atoms with E-state index in [-0.39, 0.29) is 11.6 Å². The van der Waals surface area contributed by atoms with E-state index >= 15 is 0 Å². The minimum absolute atomic E-state index is 0.0188. The van der Waals surface area contributed by atoms with Gasteiger partial charge in [0.2, 0.25) is 0 Å². The topological polar surface area (TPSA) is 46.4 Å². The molecule has 1 unspecified atom stereocenters. The van der Waals surface area contributed by atoms with E-state index in [1.165, 1.54) is 5.56 Å². The summed E-state index contributed by atoms with van der Waals surface area (Å²) in [5.74, 6) is 1.00. The van der Waals surface area contributed by atoms with E-state index in [0.29, 0.717) is 0 Å². The monoisotopic (exact) mass is 327 g/mol. The number of anilines is 1. The van der Waals surface area contributed by atoms with Crippen LogP contribution in [0.1, 0.15) is 19.4 Å². The summed E-state index contributed by atoms with van der Waals surface area (Å²) in [6.45, 7) is 6.21. The first-order chi connectivity index (χ1) is 11.0. The first-order valence-corrected chi connectivity index (χ1v) is 8.78. The third-order valence-electron chi connectivity index (χ3n) is 3.99. The van der Waals surface area contributed by atoms with E-state index in [2.05, 4.69) is 41.8 Å². The van der Waals surface area contributed by atoms with Crippen molar-refractivity contribution in [2.45, 2.75) is 26.8 Å². The van der Waals surface area contributed by atoms with Gasteiger partial charge in [0.1, 0.15) is 0 Å². The average molecular weight is 327 g/mol. The van der Waals surface area contributed by atoms with Crippen LogP contribution in [-0.2, 0) is 7.05 Å². The standard InChI is InChI=1S/C18H21N3OS/c1-5-23-20-13-7-6-11(2)14(9-13)16-10-21(4)18(22)15-8-12(3)19-17(15)16/h6-10,12,20H,5H2,1-4H3. The molecule has 23 heavy (non-hydrogen) atoms. The fourth-order valence-corrected chi connectivity index (χ4v) is 3.29. The highest BCUT2D eigenvalue weighted by molar-refractivity contribution is 8.00. The molecule has 0 saturated heterocycles. The van der Waals surface area contributed by atoms with Crippen LogP contribution in [-0.4, -0.2) is 16.4 Å². The Morgan fingerprint density at radius 1 is 1.35 bits per heavy atom. The number of aromatic nitrogens is 1. The van der Waals surface area contributed by atoms with Gasteiger partial charge in [0.15, 0.2) is 0 Å². The van der Waals surface area contributed by atoms with Crippen molar-refractivity contribution in [1.82, 2.24) is 4.57 Å². The molecule has 0 saturated carbocycles. The van der Waals surface area contributed by atoms with E-state index in [9.17, 15) is 4.79 Å². The van der Waals surface area contributed by atoms with Gasteiger partial charge in [0.05, 0.1) is 16.6 Å². The number of fused-ring (bicyclic) bond motifs is 1. The Hall–Kier alpha value is -2.01. The number of rotatable bonds is 4. The van der Waals surface area contributed by atoms with E-state index in [4.69, 9.17) is 0 Å². The van der Waals surface area contributed by atoms with Crippen LogP contribution < -0.4 is 20.9 Å². The van der Waals surface area contributed by atoms with Crippen molar-refractivity contribution < 1.29 is 0 Å². The van der Waals surface area contributed by atoms with Gasteiger partial charge in [0.25, 0.3) is 5.56 Å². The molecule has 2 heterocycles. The molecule has 0 radical (unpaired) electrons. The van der Waals surface area contributed by atoms with Crippen LogP contribution >= 0.6 is 11.9 Å². The minimum atomic E-state index is 0.0188. The number of hydrogen-bond acceptors (Lipinski definition) is 4. The third-order valence-corrected chi connectivity index (χ3v) is 4.66. The van der Waals surface area contributed by atoms with Crippen molar-refractivity contribution in [2.75, 3.05) is 10.5 Å². The summed E-state index contributed by atoms with van der Waals surface area (Å²) < 4.78 is 5.00. The Labute approximate surface area is 140 Å². The van der Waals surface area contributed by atoms with Gasteiger partial charge in [-0.2, -0.15) is 0 Å². The first-order valence-electron chi connectivity index (χ1n) is 7.79. The number of benzene rings is 1. The van der Waals surface area contributed by atoms with Crippen LogP contribution in [0.4, 0.5) is 5.69 Å². The summed E-state index contributed by atoms with van der Waals surface area (Å²) in [5.41, 5.74) is 4.39. The zero-order chi connectivity index (χ0) is 16.6. The quantitative estimate of drug-likeness (QED) is 0.876. The van der Waals surface area contributed by atoms with Crippen LogP contribution in [0.2, 0.25) is 0 Å². The highest BCUT2D eigenvalue weighted by atomic mass is 32.2. The Kier molecular flexibility index (Phi) is 4.31. The number of nitrogens with zero attached hydrogens (tertiary/aromatic N) is 2. The molecular formula is C18H21N3OS. The van der Waals surface area contributed by atoms with Gasteiger partial charge in [-0.15, -0.1) is 0 Å². The van der Waals surface area contributed by atoms with Crippen molar-refractivity contribution in [3.63, 3.8) is 0 Å². The second kappa shape index (κ2) is 6.24. The first kappa shape index (κ1) is 15.9. The molecule has 0 aliphatic carbocycles. The van der Waals surface area contributed by atoms with Crippen LogP contribution in [0.25, 0.3) is 17.2 Å². The van der Waals surface area contributed by atoms with Gasteiger partial charge in [-0.3, -0.25) is 9.79 Å². The Morgan fingerprint density at radius 2 is 2.13 bits per heavy atom. The summed E-state index contributed by atoms with van der Waals surface area (Å²) in [6.07, 6.45) is 3.85. The molecule has 4 nitrogen and oxygen atoms in total. The van der Waals surface area contributed by atoms with Crippen molar-refractivity contribution in [3.05, 3.63) is 50.9 Å². The summed E-state index contributed by atoms with van der Waals surface area (Å²) in [7, 11) is 1.80. The van der Waals surface area contributed by atoms with Crippen LogP contribution in [0, 0.1) is 6.92 Å².